The molecule has 106 valence electrons. The number of thioether (sulfide) groups is 1. The molecule has 0 amide bonds. The smallest absolute Gasteiger partial charge is 0.370 e. The Hall–Kier alpha value is -0.880. The van der Waals surface area contributed by atoms with Crippen molar-refractivity contribution in [1.29, 1.82) is 0 Å². The molecule has 2 nitrogen and oxygen atoms in total. The van der Waals surface area contributed by atoms with Crippen molar-refractivity contribution in [2.75, 3.05) is 23.5 Å². The second-order valence-electron chi connectivity index (χ2n) is 4.68. The van der Waals surface area contributed by atoms with Gasteiger partial charge in [0, 0.05) is 31.1 Å². The number of hydrogen-bond acceptors (Lipinski definition) is 3. The maximum atomic E-state index is 13.1. The van der Waals surface area contributed by atoms with Gasteiger partial charge in [0.1, 0.15) is 0 Å². The molecule has 1 heterocycles. The summed E-state index contributed by atoms with van der Waals surface area (Å²) >= 11 is 1.78. The van der Waals surface area contributed by atoms with Crippen LogP contribution in [-0.4, -0.2) is 24.6 Å². The maximum Gasteiger partial charge on any atom is 0.418 e. The summed E-state index contributed by atoms with van der Waals surface area (Å²) in [4.78, 5) is 1.75. The molecule has 1 fully saturated rings. The van der Waals surface area contributed by atoms with Crippen molar-refractivity contribution in [3.05, 3.63) is 29.3 Å². The summed E-state index contributed by atoms with van der Waals surface area (Å²) in [5, 5.41) is 0. The molecule has 0 radical (unpaired) electrons. The van der Waals surface area contributed by atoms with E-state index in [9.17, 15) is 13.2 Å². The summed E-state index contributed by atoms with van der Waals surface area (Å²) in [6.07, 6.45) is -3.42. The van der Waals surface area contributed by atoms with Crippen LogP contribution >= 0.6 is 11.8 Å². The van der Waals surface area contributed by atoms with Gasteiger partial charge in [-0.3, -0.25) is 0 Å². The molecular formula is C13H17F3N2S. The summed E-state index contributed by atoms with van der Waals surface area (Å²) in [7, 11) is 1.74. The lowest BCUT2D eigenvalue weighted by atomic mass is 10.1. The molecule has 1 aliphatic heterocycles. The van der Waals surface area contributed by atoms with E-state index in [1.807, 2.05) is 0 Å². The summed E-state index contributed by atoms with van der Waals surface area (Å²) < 4.78 is 39.4. The van der Waals surface area contributed by atoms with Crippen LogP contribution in [-0.2, 0) is 12.7 Å². The Morgan fingerprint density at radius 3 is 2.68 bits per heavy atom. The minimum Gasteiger partial charge on any atom is -0.370 e. The van der Waals surface area contributed by atoms with E-state index in [4.69, 9.17) is 5.73 Å². The lowest BCUT2D eigenvalue weighted by Crippen LogP contribution is -2.33. The van der Waals surface area contributed by atoms with Gasteiger partial charge < -0.3 is 10.6 Å². The Bertz CT molecular complexity index is 442. The molecule has 2 rings (SSSR count). The molecule has 1 aliphatic rings. The third-order valence-electron chi connectivity index (χ3n) is 3.44. The van der Waals surface area contributed by atoms with Crippen LogP contribution in [0.15, 0.2) is 18.2 Å². The van der Waals surface area contributed by atoms with Crippen molar-refractivity contribution in [2.45, 2.75) is 25.2 Å². The Balaban J connectivity index is 2.38. The molecule has 0 spiro atoms. The standard InChI is InChI=1S/C13H17F3N2S/c1-18(10-4-5-19-8-10)12-3-2-9(7-17)6-11(12)13(14,15)16/h2-3,6,10H,4-5,7-8,17H2,1H3. The number of rotatable bonds is 3. The van der Waals surface area contributed by atoms with Gasteiger partial charge in [0.15, 0.2) is 0 Å². The number of nitrogens with zero attached hydrogens (tertiary/aromatic N) is 1. The molecule has 0 aliphatic carbocycles. The highest BCUT2D eigenvalue weighted by Gasteiger charge is 2.36. The number of anilines is 1. The highest BCUT2D eigenvalue weighted by atomic mass is 32.2. The molecule has 1 atom stereocenters. The van der Waals surface area contributed by atoms with E-state index in [0.29, 0.717) is 5.56 Å². The van der Waals surface area contributed by atoms with Crippen LogP contribution in [0.3, 0.4) is 0 Å². The van der Waals surface area contributed by atoms with Crippen molar-refractivity contribution >= 4 is 17.4 Å². The SMILES string of the molecule is CN(c1ccc(CN)cc1C(F)(F)F)C1CCSC1. The zero-order valence-electron chi connectivity index (χ0n) is 10.7. The normalized spacial score (nSPS) is 19.7. The molecular weight excluding hydrogens is 273 g/mol. The average Bonchev–Trinajstić information content (AvgIpc) is 2.90. The minimum atomic E-state index is -4.35. The van der Waals surface area contributed by atoms with Crippen LogP contribution in [0.1, 0.15) is 17.5 Å². The second kappa shape index (κ2) is 5.63. The third kappa shape index (κ3) is 3.17. The average molecular weight is 290 g/mol. The monoisotopic (exact) mass is 290 g/mol. The fourth-order valence-corrected chi connectivity index (χ4v) is 3.54. The predicted octanol–water partition coefficient (Wildman–Crippen LogP) is 3.11. The van der Waals surface area contributed by atoms with Crippen LogP contribution in [0, 0.1) is 0 Å². The summed E-state index contributed by atoms with van der Waals surface area (Å²) in [6, 6.07) is 4.54. The molecule has 6 heteroatoms. The largest absolute Gasteiger partial charge is 0.418 e. The molecule has 19 heavy (non-hydrogen) atoms. The number of alkyl halides is 3. The van der Waals surface area contributed by atoms with E-state index in [-0.39, 0.29) is 18.3 Å². The first-order valence-electron chi connectivity index (χ1n) is 6.14. The fourth-order valence-electron chi connectivity index (χ4n) is 2.27. The van der Waals surface area contributed by atoms with E-state index < -0.39 is 11.7 Å². The molecule has 1 aromatic carbocycles. The molecule has 2 N–H and O–H groups in total. The van der Waals surface area contributed by atoms with E-state index in [0.717, 1.165) is 24.0 Å². The van der Waals surface area contributed by atoms with Crippen molar-refractivity contribution in [3.63, 3.8) is 0 Å². The van der Waals surface area contributed by atoms with E-state index in [1.165, 1.54) is 6.07 Å². The van der Waals surface area contributed by atoms with Crippen molar-refractivity contribution in [3.8, 4) is 0 Å². The molecule has 1 saturated heterocycles. The highest BCUT2D eigenvalue weighted by molar-refractivity contribution is 7.99. The topological polar surface area (TPSA) is 29.3 Å². The van der Waals surface area contributed by atoms with Crippen molar-refractivity contribution in [1.82, 2.24) is 0 Å². The Morgan fingerprint density at radius 2 is 2.16 bits per heavy atom. The van der Waals surface area contributed by atoms with Gasteiger partial charge in [-0.05, 0) is 29.9 Å². The Kier molecular flexibility index (Phi) is 4.30. The maximum absolute atomic E-state index is 13.1. The molecule has 0 aromatic heterocycles. The van der Waals surface area contributed by atoms with E-state index in [2.05, 4.69) is 0 Å². The van der Waals surface area contributed by atoms with Gasteiger partial charge in [0.05, 0.1) is 5.56 Å². The molecule has 0 saturated carbocycles. The zero-order valence-corrected chi connectivity index (χ0v) is 11.5. The summed E-state index contributed by atoms with van der Waals surface area (Å²) in [6.45, 7) is 0.117. The van der Waals surface area contributed by atoms with E-state index in [1.54, 1.807) is 29.8 Å². The number of hydrogen-bond donors (Lipinski definition) is 1. The lowest BCUT2D eigenvalue weighted by molar-refractivity contribution is -0.137. The highest BCUT2D eigenvalue weighted by Crippen LogP contribution is 2.38. The van der Waals surface area contributed by atoms with Gasteiger partial charge in [-0.1, -0.05) is 6.07 Å². The van der Waals surface area contributed by atoms with Crippen LogP contribution in [0.4, 0.5) is 18.9 Å². The summed E-state index contributed by atoms with van der Waals surface area (Å²) in [5.41, 5.74) is 5.59. The minimum absolute atomic E-state index is 0.117. The molecule has 1 unspecified atom stereocenters. The predicted molar refractivity (Wildman–Crippen MR) is 73.5 cm³/mol. The quantitative estimate of drug-likeness (QED) is 0.927. The number of benzene rings is 1. The Labute approximate surface area is 115 Å². The second-order valence-corrected chi connectivity index (χ2v) is 5.83. The van der Waals surface area contributed by atoms with Gasteiger partial charge in [0.2, 0.25) is 0 Å². The molecule has 0 bridgehead atoms. The first-order chi connectivity index (χ1) is 8.93. The van der Waals surface area contributed by atoms with Gasteiger partial charge in [-0.2, -0.15) is 24.9 Å². The van der Waals surface area contributed by atoms with Crippen molar-refractivity contribution in [2.24, 2.45) is 5.73 Å². The summed E-state index contributed by atoms with van der Waals surface area (Å²) in [5.74, 6) is 1.89. The van der Waals surface area contributed by atoms with Gasteiger partial charge in [-0.25, -0.2) is 0 Å². The first-order valence-corrected chi connectivity index (χ1v) is 7.29. The lowest BCUT2D eigenvalue weighted by Gasteiger charge is -2.29. The number of nitrogens with two attached hydrogens (primary N) is 1. The fraction of sp³-hybridized carbons (Fsp3) is 0.538. The Morgan fingerprint density at radius 1 is 1.42 bits per heavy atom. The van der Waals surface area contributed by atoms with Crippen LogP contribution in [0.25, 0.3) is 0 Å². The van der Waals surface area contributed by atoms with Crippen molar-refractivity contribution < 1.29 is 13.2 Å². The zero-order chi connectivity index (χ0) is 14.0. The van der Waals surface area contributed by atoms with Gasteiger partial charge in [-0.15, -0.1) is 0 Å². The van der Waals surface area contributed by atoms with E-state index >= 15 is 0 Å². The van der Waals surface area contributed by atoms with Gasteiger partial charge in [0.25, 0.3) is 0 Å². The molecule has 1 aromatic rings. The third-order valence-corrected chi connectivity index (χ3v) is 4.58. The van der Waals surface area contributed by atoms with Crippen LogP contribution in [0.5, 0.6) is 0 Å². The van der Waals surface area contributed by atoms with Crippen LogP contribution in [0.2, 0.25) is 0 Å². The van der Waals surface area contributed by atoms with Gasteiger partial charge >= 0.3 is 6.18 Å². The first kappa shape index (κ1) is 14.5. The van der Waals surface area contributed by atoms with Crippen LogP contribution < -0.4 is 10.6 Å². The number of halogens is 3.